The molecule has 5 rings (SSSR count). The predicted molar refractivity (Wildman–Crippen MR) is 110 cm³/mol. The van der Waals surface area contributed by atoms with Crippen molar-refractivity contribution in [1.82, 2.24) is 30.2 Å². The van der Waals surface area contributed by atoms with Gasteiger partial charge in [-0.05, 0) is 34.0 Å². The summed E-state index contributed by atoms with van der Waals surface area (Å²) in [6, 6.07) is 21.4. The predicted octanol–water partition coefficient (Wildman–Crippen LogP) is 3.29. The van der Waals surface area contributed by atoms with Gasteiger partial charge in [0.1, 0.15) is 0 Å². The second kappa shape index (κ2) is 7.12. The Bertz CT molecular complexity index is 1340. The average molecular weight is 380 g/mol. The van der Waals surface area contributed by atoms with Crippen molar-refractivity contribution in [2.24, 2.45) is 0 Å². The number of hydrogen-bond donors (Lipinski definition) is 1. The number of rotatable bonds is 4. The highest BCUT2D eigenvalue weighted by Crippen LogP contribution is 2.29. The van der Waals surface area contributed by atoms with Crippen LogP contribution in [0.1, 0.15) is 5.56 Å². The number of tetrazole rings is 1. The Morgan fingerprint density at radius 1 is 0.897 bits per heavy atom. The molecule has 5 aromatic rings. The average Bonchev–Trinajstić information content (AvgIpc) is 3.31. The van der Waals surface area contributed by atoms with E-state index < -0.39 is 0 Å². The number of pyridine rings is 2. The van der Waals surface area contributed by atoms with Crippen LogP contribution < -0.4 is 5.56 Å². The van der Waals surface area contributed by atoms with Crippen LogP contribution in [0.5, 0.6) is 0 Å². The van der Waals surface area contributed by atoms with E-state index in [1.165, 1.54) is 0 Å². The number of aromatic nitrogens is 6. The lowest BCUT2D eigenvalue weighted by atomic mass is 9.98. The molecule has 0 saturated heterocycles. The molecule has 7 heteroatoms. The molecule has 0 radical (unpaired) electrons. The van der Waals surface area contributed by atoms with E-state index in [2.05, 4.69) is 25.6 Å². The standard InChI is InChI=1S/C22H16N6O/c29-21-10-9-17-13-23-12-11-20(17)28(21)14-15-5-7-16(8-6-15)18-3-1-2-4-19(18)22-24-26-27-25-22/h1-13H,14H2,(H,24,25,26,27). The van der Waals surface area contributed by atoms with Crippen LogP contribution in [0.25, 0.3) is 33.4 Å². The van der Waals surface area contributed by atoms with Crippen LogP contribution in [0.15, 0.2) is 83.9 Å². The fourth-order valence-electron chi connectivity index (χ4n) is 3.48. The Kier molecular flexibility index (Phi) is 4.18. The van der Waals surface area contributed by atoms with Gasteiger partial charge < -0.3 is 4.57 Å². The second-order valence-corrected chi connectivity index (χ2v) is 6.67. The number of H-pyrrole nitrogens is 1. The van der Waals surface area contributed by atoms with Crippen LogP contribution in [0.4, 0.5) is 0 Å². The molecule has 0 aliphatic rings. The molecule has 0 unspecified atom stereocenters. The van der Waals surface area contributed by atoms with Crippen molar-refractivity contribution in [2.45, 2.75) is 6.54 Å². The first kappa shape index (κ1) is 17.0. The molecule has 0 atom stereocenters. The quantitative estimate of drug-likeness (QED) is 0.517. The molecular formula is C22H16N6O. The highest BCUT2D eigenvalue weighted by Gasteiger charge is 2.11. The SMILES string of the molecule is O=c1ccc2cnccc2n1Cc1ccc(-c2ccccc2-c2nn[nH]n2)cc1. The summed E-state index contributed by atoms with van der Waals surface area (Å²) in [5.41, 5.74) is 4.86. The van der Waals surface area contributed by atoms with Crippen LogP contribution in [0.3, 0.4) is 0 Å². The van der Waals surface area contributed by atoms with Gasteiger partial charge in [-0.3, -0.25) is 9.78 Å². The van der Waals surface area contributed by atoms with Crippen molar-refractivity contribution in [3.63, 3.8) is 0 Å². The maximum atomic E-state index is 12.4. The molecule has 0 bridgehead atoms. The summed E-state index contributed by atoms with van der Waals surface area (Å²) >= 11 is 0. The highest BCUT2D eigenvalue weighted by molar-refractivity contribution is 5.80. The number of hydrogen-bond acceptors (Lipinski definition) is 5. The molecule has 0 aliphatic heterocycles. The van der Waals surface area contributed by atoms with E-state index in [4.69, 9.17) is 0 Å². The molecular weight excluding hydrogens is 364 g/mol. The third-order valence-corrected chi connectivity index (χ3v) is 4.91. The summed E-state index contributed by atoms with van der Waals surface area (Å²) in [6.07, 6.45) is 3.47. The summed E-state index contributed by atoms with van der Waals surface area (Å²) in [4.78, 5) is 16.6. The van der Waals surface area contributed by atoms with E-state index in [1.54, 1.807) is 29.1 Å². The van der Waals surface area contributed by atoms with Crippen LogP contribution in [0.2, 0.25) is 0 Å². The summed E-state index contributed by atoms with van der Waals surface area (Å²) in [7, 11) is 0. The molecule has 29 heavy (non-hydrogen) atoms. The van der Waals surface area contributed by atoms with Crippen LogP contribution in [-0.2, 0) is 6.54 Å². The molecule has 0 fully saturated rings. The molecule has 0 amide bonds. The number of aromatic amines is 1. The van der Waals surface area contributed by atoms with E-state index in [0.717, 1.165) is 33.2 Å². The molecule has 3 heterocycles. The minimum Gasteiger partial charge on any atom is -0.304 e. The lowest BCUT2D eigenvalue weighted by Crippen LogP contribution is -2.19. The molecule has 1 N–H and O–H groups in total. The first-order valence-electron chi connectivity index (χ1n) is 9.15. The number of fused-ring (bicyclic) bond motifs is 1. The minimum absolute atomic E-state index is 0.0322. The zero-order chi connectivity index (χ0) is 19.6. The summed E-state index contributed by atoms with van der Waals surface area (Å²) in [6.45, 7) is 0.493. The zero-order valence-corrected chi connectivity index (χ0v) is 15.4. The fourth-order valence-corrected chi connectivity index (χ4v) is 3.48. The maximum Gasteiger partial charge on any atom is 0.251 e. The Hall–Kier alpha value is -4.13. The van der Waals surface area contributed by atoms with E-state index in [-0.39, 0.29) is 5.56 Å². The van der Waals surface area contributed by atoms with Gasteiger partial charge >= 0.3 is 0 Å². The smallest absolute Gasteiger partial charge is 0.251 e. The molecule has 2 aromatic carbocycles. The van der Waals surface area contributed by atoms with Gasteiger partial charge in [0.25, 0.3) is 5.56 Å². The van der Waals surface area contributed by atoms with Crippen molar-refractivity contribution in [3.05, 3.63) is 95.0 Å². The van der Waals surface area contributed by atoms with E-state index in [1.807, 2.05) is 54.6 Å². The number of nitrogens with one attached hydrogen (secondary N) is 1. The molecule has 0 aliphatic carbocycles. The van der Waals surface area contributed by atoms with Gasteiger partial charge in [-0.15, -0.1) is 10.2 Å². The highest BCUT2D eigenvalue weighted by atomic mass is 16.1. The minimum atomic E-state index is -0.0322. The molecule has 0 saturated carbocycles. The van der Waals surface area contributed by atoms with E-state index in [9.17, 15) is 4.79 Å². The Balaban J connectivity index is 1.50. The lowest BCUT2D eigenvalue weighted by molar-refractivity contribution is 0.794. The number of benzene rings is 2. The van der Waals surface area contributed by atoms with Crippen molar-refractivity contribution in [2.75, 3.05) is 0 Å². The van der Waals surface area contributed by atoms with Crippen LogP contribution >= 0.6 is 0 Å². The molecule has 140 valence electrons. The Labute approximate surface area is 165 Å². The maximum absolute atomic E-state index is 12.4. The topological polar surface area (TPSA) is 89.4 Å². The van der Waals surface area contributed by atoms with Crippen molar-refractivity contribution in [3.8, 4) is 22.5 Å². The summed E-state index contributed by atoms with van der Waals surface area (Å²) in [5, 5.41) is 15.3. The van der Waals surface area contributed by atoms with Crippen molar-refractivity contribution < 1.29 is 0 Å². The number of nitrogens with zero attached hydrogens (tertiary/aromatic N) is 5. The second-order valence-electron chi connectivity index (χ2n) is 6.67. The van der Waals surface area contributed by atoms with Crippen molar-refractivity contribution >= 4 is 10.9 Å². The van der Waals surface area contributed by atoms with E-state index in [0.29, 0.717) is 12.4 Å². The van der Waals surface area contributed by atoms with Gasteiger partial charge in [-0.1, -0.05) is 48.5 Å². The molecule has 0 spiro atoms. The van der Waals surface area contributed by atoms with Gasteiger partial charge in [-0.2, -0.15) is 5.21 Å². The summed E-state index contributed by atoms with van der Waals surface area (Å²) in [5.74, 6) is 0.556. The summed E-state index contributed by atoms with van der Waals surface area (Å²) < 4.78 is 1.76. The van der Waals surface area contributed by atoms with Gasteiger partial charge in [-0.25, -0.2) is 0 Å². The largest absolute Gasteiger partial charge is 0.304 e. The van der Waals surface area contributed by atoms with Crippen LogP contribution in [-0.4, -0.2) is 30.2 Å². The molecule has 7 nitrogen and oxygen atoms in total. The monoisotopic (exact) mass is 380 g/mol. The first-order chi connectivity index (χ1) is 14.3. The Morgan fingerprint density at radius 3 is 2.52 bits per heavy atom. The normalized spacial score (nSPS) is 11.0. The van der Waals surface area contributed by atoms with Gasteiger partial charge in [0.2, 0.25) is 5.82 Å². The third-order valence-electron chi connectivity index (χ3n) is 4.91. The van der Waals surface area contributed by atoms with Crippen molar-refractivity contribution in [1.29, 1.82) is 0 Å². The molecule has 3 aromatic heterocycles. The fraction of sp³-hybridized carbons (Fsp3) is 0.0455. The first-order valence-corrected chi connectivity index (χ1v) is 9.15. The third kappa shape index (κ3) is 3.19. The van der Waals surface area contributed by atoms with Gasteiger partial charge in [0, 0.05) is 29.4 Å². The van der Waals surface area contributed by atoms with E-state index >= 15 is 0 Å². The lowest BCUT2D eigenvalue weighted by Gasteiger charge is -2.11. The van der Waals surface area contributed by atoms with Crippen LogP contribution in [0, 0.1) is 0 Å². The van der Waals surface area contributed by atoms with Gasteiger partial charge in [0.15, 0.2) is 0 Å². The van der Waals surface area contributed by atoms with Gasteiger partial charge in [0.05, 0.1) is 12.1 Å². The Morgan fingerprint density at radius 2 is 1.72 bits per heavy atom. The zero-order valence-electron chi connectivity index (χ0n) is 15.4.